The van der Waals surface area contributed by atoms with Crippen LogP contribution < -0.4 is 10.1 Å². The minimum atomic E-state index is -0.0950. The number of aliphatic imine (C=N–C) groups is 1. The van der Waals surface area contributed by atoms with E-state index in [1.54, 1.807) is 11.3 Å². The van der Waals surface area contributed by atoms with Crippen molar-refractivity contribution in [3.05, 3.63) is 119 Å². The summed E-state index contributed by atoms with van der Waals surface area (Å²) in [6.45, 7) is 0.455. The zero-order valence-electron chi connectivity index (χ0n) is 21.6. The number of carbonyl (C=O) groups is 1. The first-order valence-electron chi connectivity index (χ1n) is 13.2. The summed E-state index contributed by atoms with van der Waals surface area (Å²) in [5, 5.41) is 6.23. The van der Waals surface area contributed by atoms with Gasteiger partial charge in [0.1, 0.15) is 17.4 Å². The smallest absolute Gasteiger partial charge is 0.259 e. The molecule has 1 amide bonds. The lowest BCUT2D eigenvalue weighted by molar-refractivity contribution is 0.102. The van der Waals surface area contributed by atoms with Crippen molar-refractivity contribution < 1.29 is 9.53 Å². The van der Waals surface area contributed by atoms with Crippen LogP contribution in [0, 0.1) is 7.14 Å². The molecule has 200 valence electrons. The van der Waals surface area contributed by atoms with Gasteiger partial charge in [0.2, 0.25) is 0 Å². The molecule has 1 aliphatic rings. The lowest BCUT2D eigenvalue weighted by Gasteiger charge is -2.14. The van der Waals surface area contributed by atoms with Crippen molar-refractivity contribution >= 4 is 90.1 Å². The number of para-hydroxylation sites is 1. The minimum absolute atomic E-state index is 0.0950. The summed E-state index contributed by atoms with van der Waals surface area (Å²) < 4.78 is 8.60. The summed E-state index contributed by atoms with van der Waals surface area (Å²) in [4.78, 5) is 19.7. The number of thiophene rings is 1. The van der Waals surface area contributed by atoms with Gasteiger partial charge in [-0.15, -0.1) is 11.3 Å². The maximum atomic E-state index is 13.5. The van der Waals surface area contributed by atoms with Crippen molar-refractivity contribution in [2.24, 2.45) is 4.99 Å². The molecule has 0 radical (unpaired) electrons. The molecule has 4 nitrogen and oxygen atoms in total. The Bertz CT molecular complexity index is 1720. The molecule has 0 saturated heterocycles. The molecule has 0 bridgehead atoms. The van der Waals surface area contributed by atoms with Crippen LogP contribution in [-0.4, -0.2) is 12.1 Å². The molecule has 0 atom stereocenters. The Hall–Kier alpha value is -2.76. The molecule has 1 aromatic heterocycles. The summed E-state index contributed by atoms with van der Waals surface area (Å²) in [6, 6.07) is 28.5. The van der Waals surface area contributed by atoms with E-state index in [4.69, 9.17) is 9.73 Å². The van der Waals surface area contributed by atoms with Gasteiger partial charge in [-0.25, -0.2) is 4.99 Å². The fourth-order valence-corrected chi connectivity index (χ4v) is 8.39. The second kappa shape index (κ2) is 12.4. The van der Waals surface area contributed by atoms with Crippen molar-refractivity contribution in [1.82, 2.24) is 0 Å². The molecule has 0 unspecified atom stereocenters. The molecule has 4 aromatic carbocycles. The van der Waals surface area contributed by atoms with Crippen LogP contribution in [0.25, 0.3) is 10.8 Å². The fraction of sp³-hybridized carbons (Fsp3) is 0.152. The van der Waals surface area contributed by atoms with Crippen LogP contribution in [0.4, 0.5) is 10.7 Å². The molecular weight excluding hydrogens is 742 g/mol. The van der Waals surface area contributed by atoms with Crippen LogP contribution >= 0.6 is 56.5 Å². The number of halogens is 2. The molecule has 0 saturated carbocycles. The number of aryl methyl sites for hydroxylation is 1. The second-order valence-corrected chi connectivity index (χ2v) is 13.2. The predicted octanol–water partition coefficient (Wildman–Crippen LogP) is 9.57. The summed E-state index contributed by atoms with van der Waals surface area (Å²) in [6.07, 6.45) is 6.03. The average molecular weight is 768 g/mol. The number of fused-ring (bicyclic) bond motifs is 2. The van der Waals surface area contributed by atoms with Crippen molar-refractivity contribution in [3.63, 3.8) is 0 Å². The van der Waals surface area contributed by atoms with Crippen LogP contribution in [0.1, 0.15) is 44.8 Å². The molecule has 1 N–H and O–H groups in total. The van der Waals surface area contributed by atoms with Crippen LogP contribution in [0.2, 0.25) is 0 Å². The normalized spacial score (nSPS) is 12.9. The molecule has 0 aliphatic heterocycles. The van der Waals surface area contributed by atoms with Gasteiger partial charge in [-0.2, -0.15) is 0 Å². The predicted molar refractivity (Wildman–Crippen MR) is 183 cm³/mol. The monoisotopic (exact) mass is 768 g/mol. The first kappa shape index (κ1) is 27.4. The molecule has 0 spiro atoms. The standard InChI is InChI=1S/C33H26I2N2O2S/c34-24-17-23(31(28(35)18-24)39-20-22-11-8-10-21-9-4-5-14-26(21)22)19-36-33-30(27-15-6-7-16-29(27)40-33)32(38)37-25-12-2-1-3-13-25/h1-5,8-14,17-19H,6-7,15-16,20H2,(H,37,38). The lowest BCUT2D eigenvalue weighted by atomic mass is 9.95. The third kappa shape index (κ3) is 5.96. The highest BCUT2D eigenvalue weighted by molar-refractivity contribution is 14.1. The minimum Gasteiger partial charge on any atom is -0.487 e. The molecule has 0 fully saturated rings. The quantitative estimate of drug-likeness (QED) is 0.133. The first-order chi connectivity index (χ1) is 19.6. The summed E-state index contributed by atoms with van der Waals surface area (Å²) >= 11 is 6.31. The van der Waals surface area contributed by atoms with E-state index in [1.807, 2.05) is 36.5 Å². The lowest BCUT2D eigenvalue weighted by Crippen LogP contribution is -2.14. The number of carbonyl (C=O) groups excluding carboxylic acids is 1. The van der Waals surface area contributed by atoms with E-state index in [0.717, 1.165) is 66.0 Å². The number of nitrogens with zero attached hydrogens (tertiary/aromatic N) is 1. The Morgan fingerprint density at radius 1 is 0.950 bits per heavy atom. The van der Waals surface area contributed by atoms with E-state index in [-0.39, 0.29) is 5.91 Å². The topological polar surface area (TPSA) is 50.7 Å². The summed E-state index contributed by atoms with van der Waals surface area (Å²) in [7, 11) is 0. The van der Waals surface area contributed by atoms with Crippen molar-refractivity contribution in [2.45, 2.75) is 32.3 Å². The molecule has 5 aromatic rings. The number of ether oxygens (including phenoxy) is 1. The number of hydrogen-bond acceptors (Lipinski definition) is 4. The van der Waals surface area contributed by atoms with Crippen LogP contribution in [0.3, 0.4) is 0 Å². The number of nitrogens with one attached hydrogen (secondary N) is 1. The maximum absolute atomic E-state index is 13.5. The van der Waals surface area contributed by atoms with Crippen molar-refractivity contribution in [1.29, 1.82) is 0 Å². The van der Waals surface area contributed by atoms with Crippen molar-refractivity contribution in [2.75, 3.05) is 5.32 Å². The molecule has 7 heteroatoms. The van der Waals surface area contributed by atoms with Crippen LogP contribution in [0.15, 0.2) is 89.9 Å². The number of amides is 1. The number of hydrogen-bond donors (Lipinski definition) is 1. The Morgan fingerprint density at radius 3 is 2.60 bits per heavy atom. The van der Waals surface area contributed by atoms with E-state index in [0.29, 0.717) is 12.2 Å². The van der Waals surface area contributed by atoms with E-state index in [1.165, 1.54) is 15.6 Å². The van der Waals surface area contributed by atoms with Gasteiger partial charge in [-0.05, 0) is 117 Å². The Morgan fingerprint density at radius 2 is 1.73 bits per heavy atom. The highest BCUT2D eigenvalue weighted by atomic mass is 127. The van der Waals surface area contributed by atoms with E-state index in [2.05, 4.69) is 105 Å². The molecule has 1 aliphatic carbocycles. The van der Waals surface area contributed by atoms with Gasteiger partial charge in [0, 0.05) is 25.9 Å². The highest BCUT2D eigenvalue weighted by Crippen LogP contribution is 2.40. The largest absolute Gasteiger partial charge is 0.487 e. The molecule has 40 heavy (non-hydrogen) atoms. The summed E-state index contributed by atoms with van der Waals surface area (Å²) in [5.41, 5.74) is 4.69. The highest BCUT2D eigenvalue weighted by Gasteiger charge is 2.25. The number of benzene rings is 4. The SMILES string of the molecule is O=C(Nc1ccccc1)c1c(N=Cc2cc(I)cc(I)c2OCc2cccc3ccccc23)sc2c1CCCC2. The van der Waals surface area contributed by atoms with Crippen molar-refractivity contribution in [3.8, 4) is 5.75 Å². The van der Waals surface area contributed by atoms with Crippen LogP contribution in [0.5, 0.6) is 5.75 Å². The van der Waals surface area contributed by atoms with E-state index < -0.39 is 0 Å². The van der Waals surface area contributed by atoms with Gasteiger partial charge in [0.05, 0.1) is 9.13 Å². The first-order valence-corrected chi connectivity index (χ1v) is 16.2. The van der Waals surface area contributed by atoms with Gasteiger partial charge in [-0.1, -0.05) is 60.7 Å². The maximum Gasteiger partial charge on any atom is 0.259 e. The van der Waals surface area contributed by atoms with Gasteiger partial charge >= 0.3 is 0 Å². The number of anilines is 1. The van der Waals surface area contributed by atoms with Gasteiger partial charge in [-0.3, -0.25) is 4.79 Å². The number of rotatable bonds is 7. The Balaban J connectivity index is 1.33. The third-order valence-electron chi connectivity index (χ3n) is 7.02. The Kier molecular flexibility index (Phi) is 8.50. The fourth-order valence-electron chi connectivity index (χ4n) is 5.12. The zero-order valence-corrected chi connectivity index (χ0v) is 26.8. The van der Waals surface area contributed by atoms with E-state index >= 15 is 0 Å². The average Bonchev–Trinajstić information content (AvgIpc) is 3.34. The van der Waals surface area contributed by atoms with Gasteiger partial charge in [0.15, 0.2) is 0 Å². The molecule has 6 rings (SSSR count). The third-order valence-corrected chi connectivity index (χ3v) is 9.65. The van der Waals surface area contributed by atoms with Crippen LogP contribution in [-0.2, 0) is 19.4 Å². The van der Waals surface area contributed by atoms with Gasteiger partial charge in [0.25, 0.3) is 5.91 Å². The molecular formula is C33H26I2N2O2S. The zero-order chi connectivity index (χ0) is 27.5. The second-order valence-electron chi connectivity index (χ2n) is 9.70. The molecule has 1 heterocycles. The Labute approximate surface area is 265 Å². The van der Waals surface area contributed by atoms with Gasteiger partial charge < -0.3 is 10.1 Å². The summed E-state index contributed by atoms with van der Waals surface area (Å²) in [5.74, 6) is 0.705. The van der Waals surface area contributed by atoms with E-state index in [9.17, 15) is 4.79 Å².